The predicted molar refractivity (Wildman–Crippen MR) is 47.6 cm³/mol. The van der Waals surface area contributed by atoms with Crippen LogP contribution in [0.1, 0.15) is 25.7 Å². The molecule has 0 aromatic rings. The molecule has 1 aliphatic carbocycles. The molecule has 1 aliphatic rings. The van der Waals surface area contributed by atoms with Crippen LogP contribution in [0.15, 0.2) is 0 Å². The SMILES string of the molecule is CN(C(=O)O)[C@H]1CC[C@@H](C=O)CC1. The van der Waals surface area contributed by atoms with Crippen molar-refractivity contribution in [3.63, 3.8) is 0 Å². The van der Waals surface area contributed by atoms with Crippen LogP contribution in [0.25, 0.3) is 0 Å². The van der Waals surface area contributed by atoms with Gasteiger partial charge in [-0.15, -0.1) is 0 Å². The first-order valence-electron chi connectivity index (χ1n) is 4.56. The normalized spacial score (nSPS) is 28.1. The summed E-state index contributed by atoms with van der Waals surface area (Å²) < 4.78 is 0. The number of carbonyl (C=O) groups is 2. The highest BCUT2D eigenvalue weighted by atomic mass is 16.4. The molecule has 1 amide bonds. The third-order valence-electron chi connectivity index (χ3n) is 2.78. The molecule has 4 heteroatoms. The van der Waals surface area contributed by atoms with E-state index >= 15 is 0 Å². The van der Waals surface area contributed by atoms with Crippen molar-refractivity contribution < 1.29 is 14.7 Å². The first-order valence-corrected chi connectivity index (χ1v) is 4.56. The highest BCUT2D eigenvalue weighted by Gasteiger charge is 2.25. The summed E-state index contributed by atoms with van der Waals surface area (Å²) in [6.45, 7) is 0. The van der Waals surface area contributed by atoms with Gasteiger partial charge in [0.15, 0.2) is 0 Å². The van der Waals surface area contributed by atoms with Gasteiger partial charge >= 0.3 is 6.09 Å². The highest BCUT2D eigenvalue weighted by Crippen LogP contribution is 2.25. The minimum atomic E-state index is -0.880. The van der Waals surface area contributed by atoms with Gasteiger partial charge in [0.05, 0.1) is 0 Å². The van der Waals surface area contributed by atoms with Gasteiger partial charge in [0.25, 0.3) is 0 Å². The van der Waals surface area contributed by atoms with E-state index in [1.165, 1.54) is 4.90 Å². The van der Waals surface area contributed by atoms with E-state index in [9.17, 15) is 9.59 Å². The first-order chi connectivity index (χ1) is 6.15. The quantitative estimate of drug-likeness (QED) is 0.661. The van der Waals surface area contributed by atoms with Gasteiger partial charge in [-0.25, -0.2) is 4.79 Å². The van der Waals surface area contributed by atoms with Crippen LogP contribution in [-0.4, -0.2) is 35.5 Å². The number of rotatable bonds is 2. The summed E-state index contributed by atoms with van der Waals surface area (Å²) >= 11 is 0. The first kappa shape index (κ1) is 10.0. The van der Waals surface area contributed by atoms with Gasteiger partial charge in [0, 0.05) is 19.0 Å². The van der Waals surface area contributed by atoms with Crippen LogP contribution in [0.2, 0.25) is 0 Å². The molecular weight excluding hydrogens is 170 g/mol. The zero-order valence-corrected chi connectivity index (χ0v) is 7.77. The molecule has 0 bridgehead atoms. The molecule has 4 nitrogen and oxygen atoms in total. The number of aldehydes is 1. The summed E-state index contributed by atoms with van der Waals surface area (Å²) in [6, 6.07) is 0.105. The number of hydrogen-bond donors (Lipinski definition) is 1. The third kappa shape index (κ3) is 2.44. The lowest BCUT2D eigenvalue weighted by molar-refractivity contribution is -0.112. The van der Waals surface area contributed by atoms with Gasteiger partial charge in [-0.05, 0) is 25.7 Å². The maximum Gasteiger partial charge on any atom is 0.407 e. The second-order valence-corrected chi connectivity index (χ2v) is 3.60. The van der Waals surface area contributed by atoms with Crippen LogP contribution in [0.5, 0.6) is 0 Å². The summed E-state index contributed by atoms with van der Waals surface area (Å²) in [5.41, 5.74) is 0. The molecule has 0 aromatic heterocycles. The van der Waals surface area contributed by atoms with Gasteiger partial charge in [0.2, 0.25) is 0 Å². The Balaban J connectivity index is 2.40. The topological polar surface area (TPSA) is 57.6 Å². The number of carbonyl (C=O) groups excluding carboxylic acids is 1. The zero-order valence-electron chi connectivity index (χ0n) is 7.77. The van der Waals surface area contributed by atoms with Gasteiger partial charge in [-0.3, -0.25) is 0 Å². The molecule has 0 heterocycles. The van der Waals surface area contributed by atoms with Crippen molar-refractivity contribution in [1.82, 2.24) is 4.90 Å². The van der Waals surface area contributed by atoms with Crippen LogP contribution >= 0.6 is 0 Å². The van der Waals surface area contributed by atoms with Crippen LogP contribution in [-0.2, 0) is 4.79 Å². The van der Waals surface area contributed by atoms with Gasteiger partial charge in [0.1, 0.15) is 6.29 Å². The molecule has 74 valence electrons. The fourth-order valence-electron chi connectivity index (χ4n) is 1.78. The van der Waals surface area contributed by atoms with Crippen molar-refractivity contribution in [2.24, 2.45) is 5.92 Å². The Bertz CT molecular complexity index is 197. The Kier molecular flexibility index (Phi) is 3.28. The summed E-state index contributed by atoms with van der Waals surface area (Å²) in [5.74, 6) is 0.151. The Morgan fingerprint density at radius 2 is 1.92 bits per heavy atom. The van der Waals surface area contributed by atoms with E-state index in [1.807, 2.05) is 0 Å². The minimum absolute atomic E-state index is 0.105. The molecule has 0 radical (unpaired) electrons. The second-order valence-electron chi connectivity index (χ2n) is 3.60. The smallest absolute Gasteiger partial charge is 0.407 e. The van der Waals surface area contributed by atoms with E-state index in [2.05, 4.69) is 0 Å². The van der Waals surface area contributed by atoms with Crippen molar-refractivity contribution in [3.8, 4) is 0 Å². The Morgan fingerprint density at radius 1 is 1.38 bits per heavy atom. The van der Waals surface area contributed by atoms with Crippen molar-refractivity contribution in [2.75, 3.05) is 7.05 Å². The maximum absolute atomic E-state index is 10.6. The third-order valence-corrected chi connectivity index (χ3v) is 2.78. The van der Waals surface area contributed by atoms with Crippen LogP contribution < -0.4 is 0 Å². The number of hydrogen-bond acceptors (Lipinski definition) is 2. The maximum atomic E-state index is 10.6. The van der Waals surface area contributed by atoms with Gasteiger partial charge in [-0.1, -0.05) is 0 Å². The summed E-state index contributed by atoms with van der Waals surface area (Å²) in [6.07, 6.45) is 3.38. The molecule has 1 fully saturated rings. The summed E-state index contributed by atoms with van der Waals surface area (Å²) in [7, 11) is 1.59. The monoisotopic (exact) mass is 185 g/mol. The Morgan fingerprint density at radius 3 is 2.31 bits per heavy atom. The molecule has 1 rings (SSSR count). The highest BCUT2D eigenvalue weighted by molar-refractivity contribution is 5.65. The zero-order chi connectivity index (χ0) is 9.84. The lowest BCUT2D eigenvalue weighted by Crippen LogP contribution is -2.38. The molecule has 0 aliphatic heterocycles. The molecule has 13 heavy (non-hydrogen) atoms. The molecule has 0 atom stereocenters. The summed E-state index contributed by atoms with van der Waals surface area (Å²) in [5, 5.41) is 8.71. The second kappa shape index (κ2) is 4.25. The van der Waals surface area contributed by atoms with Crippen LogP contribution in [0.3, 0.4) is 0 Å². The number of amides is 1. The molecule has 0 spiro atoms. The molecule has 0 unspecified atom stereocenters. The number of nitrogens with zero attached hydrogens (tertiary/aromatic N) is 1. The van der Waals surface area contributed by atoms with E-state index in [1.54, 1.807) is 7.05 Å². The van der Waals surface area contributed by atoms with Gasteiger partial charge < -0.3 is 14.8 Å². The molecule has 0 saturated heterocycles. The molecule has 1 N–H and O–H groups in total. The molecule has 1 saturated carbocycles. The minimum Gasteiger partial charge on any atom is -0.465 e. The Labute approximate surface area is 77.5 Å². The van der Waals surface area contributed by atoms with Crippen LogP contribution in [0.4, 0.5) is 4.79 Å². The van der Waals surface area contributed by atoms with Crippen molar-refractivity contribution in [2.45, 2.75) is 31.7 Å². The van der Waals surface area contributed by atoms with Crippen molar-refractivity contribution >= 4 is 12.4 Å². The molecular formula is C9H15NO3. The summed E-state index contributed by atoms with van der Waals surface area (Å²) in [4.78, 5) is 22.4. The largest absolute Gasteiger partial charge is 0.465 e. The number of carboxylic acid groups (broad SMARTS) is 1. The van der Waals surface area contributed by atoms with Crippen LogP contribution in [0, 0.1) is 5.92 Å². The van der Waals surface area contributed by atoms with E-state index in [4.69, 9.17) is 5.11 Å². The van der Waals surface area contributed by atoms with Gasteiger partial charge in [-0.2, -0.15) is 0 Å². The lowest BCUT2D eigenvalue weighted by atomic mass is 9.86. The Hall–Kier alpha value is -1.06. The average molecular weight is 185 g/mol. The average Bonchev–Trinajstić information content (AvgIpc) is 2.17. The molecule has 0 aromatic carbocycles. The fourth-order valence-corrected chi connectivity index (χ4v) is 1.78. The van der Waals surface area contributed by atoms with Crippen molar-refractivity contribution in [3.05, 3.63) is 0 Å². The fraction of sp³-hybridized carbons (Fsp3) is 0.778. The van der Waals surface area contributed by atoms with E-state index < -0.39 is 6.09 Å². The predicted octanol–water partition coefficient (Wildman–Crippen LogP) is 1.35. The van der Waals surface area contributed by atoms with E-state index in [0.717, 1.165) is 32.0 Å². The van der Waals surface area contributed by atoms with E-state index in [0.29, 0.717) is 0 Å². The van der Waals surface area contributed by atoms with Crippen molar-refractivity contribution in [1.29, 1.82) is 0 Å². The standard InChI is InChI=1S/C9H15NO3/c1-10(9(12)13)8-4-2-7(6-11)3-5-8/h6-8H,2-5H2,1H3,(H,12,13)/t7-,8+. The lowest BCUT2D eigenvalue weighted by Gasteiger charge is -2.31. The van der Waals surface area contributed by atoms with E-state index in [-0.39, 0.29) is 12.0 Å².